The first-order chi connectivity index (χ1) is 9.28. The summed E-state index contributed by atoms with van der Waals surface area (Å²) in [4.78, 5) is 4.49. The first kappa shape index (κ1) is 17.4. The minimum atomic E-state index is -0.226. The summed E-state index contributed by atoms with van der Waals surface area (Å²) in [6, 6.07) is 14.5. The van der Waals surface area contributed by atoms with Crippen LogP contribution in [0.4, 0.5) is 4.39 Å². The monoisotopic (exact) mass is 327 g/mol. The number of nitrogens with two attached hydrogens (primary N) is 1. The molecule has 112 valence electrons. The molecular formula is C15H16Cl2FN3. The Morgan fingerprint density at radius 1 is 1.05 bits per heavy atom. The number of imidazole rings is 1. The minimum absolute atomic E-state index is 0. The molecule has 21 heavy (non-hydrogen) atoms. The van der Waals surface area contributed by atoms with Crippen molar-refractivity contribution in [1.29, 1.82) is 0 Å². The second-order valence-electron chi connectivity index (χ2n) is 4.44. The van der Waals surface area contributed by atoms with Crippen molar-refractivity contribution in [2.75, 3.05) is 0 Å². The fraction of sp³-hybridized carbons (Fsp3) is 0.133. The molecule has 0 saturated heterocycles. The molecule has 3 nitrogen and oxygen atoms in total. The summed E-state index contributed by atoms with van der Waals surface area (Å²) < 4.78 is 15.3. The zero-order valence-electron chi connectivity index (χ0n) is 11.2. The van der Waals surface area contributed by atoms with Crippen LogP contribution in [0, 0.1) is 5.82 Å². The smallest absolute Gasteiger partial charge is 0.123 e. The van der Waals surface area contributed by atoms with Gasteiger partial charge in [-0.1, -0.05) is 24.3 Å². The molecule has 0 atom stereocenters. The molecule has 0 bridgehead atoms. The first-order valence-electron chi connectivity index (χ1n) is 6.16. The zero-order chi connectivity index (χ0) is 13.2. The van der Waals surface area contributed by atoms with E-state index in [9.17, 15) is 4.39 Å². The fourth-order valence-corrected chi connectivity index (χ4v) is 2.28. The highest BCUT2D eigenvalue weighted by Crippen LogP contribution is 2.18. The largest absolute Gasteiger partial charge is 0.324 e. The summed E-state index contributed by atoms with van der Waals surface area (Å²) in [5.41, 5.74) is 8.58. The summed E-state index contributed by atoms with van der Waals surface area (Å²) >= 11 is 0. The lowest BCUT2D eigenvalue weighted by atomic mass is 10.2. The molecule has 0 spiro atoms. The van der Waals surface area contributed by atoms with Gasteiger partial charge in [-0.25, -0.2) is 9.37 Å². The number of rotatable bonds is 3. The Labute approximate surface area is 134 Å². The topological polar surface area (TPSA) is 43.8 Å². The number of aromatic nitrogens is 2. The standard InChI is InChI=1S/C15H14FN3.2ClH/c16-12-5-3-4-11(8-12)10-19-14-7-2-1-6-13(14)18-15(19)9-17;;/h1-8H,9-10,17H2;2*1H. The zero-order valence-corrected chi connectivity index (χ0v) is 12.8. The lowest BCUT2D eigenvalue weighted by Gasteiger charge is -2.08. The van der Waals surface area contributed by atoms with Crippen LogP contribution in [0.5, 0.6) is 0 Å². The number of halogens is 3. The molecule has 0 aliphatic heterocycles. The molecule has 0 aliphatic rings. The second-order valence-corrected chi connectivity index (χ2v) is 4.44. The highest BCUT2D eigenvalue weighted by Gasteiger charge is 2.09. The van der Waals surface area contributed by atoms with Crippen LogP contribution < -0.4 is 5.73 Å². The van der Waals surface area contributed by atoms with E-state index < -0.39 is 0 Å². The van der Waals surface area contributed by atoms with E-state index in [0.717, 1.165) is 22.4 Å². The van der Waals surface area contributed by atoms with E-state index in [0.29, 0.717) is 13.1 Å². The Bertz CT molecular complexity index is 728. The first-order valence-corrected chi connectivity index (χ1v) is 6.16. The molecule has 2 N–H and O–H groups in total. The molecular weight excluding hydrogens is 312 g/mol. The van der Waals surface area contributed by atoms with E-state index in [1.54, 1.807) is 6.07 Å². The molecule has 0 fully saturated rings. The van der Waals surface area contributed by atoms with Crippen LogP contribution in [0.15, 0.2) is 48.5 Å². The van der Waals surface area contributed by atoms with Gasteiger partial charge in [0.2, 0.25) is 0 Å². The Kier molecular flexibility index (Phi) is 6.15. The van der Waals surface area contributed by atoms with Crippen LogP contribution >= 0.6 is 24.8 Å². The van der Waals surface area contributed by atoms with Crippen molar-refractivity contribution >= 4 is 35.8 Å². The molecule has 1 heterocycles. The van der Waals surface area contributed by atoms with Crippen LogP contribution in [0.2, 0.25) is 0 Å². The van der Waals surface area contributed by atoms with E-state index in [4.69, 9.17) is 5.73 Å². The number of hydrogen-bond acceptors (Lipinski definition) is 2. The molecule has 2 aromatic carbocycles. The van der Waals surface area contributed by atoms with E-state index in [1.165, 1.54) is 12.1 Å². The van der Waals surface area contributed by atoms with E-state index in [-0.39, 0.29) is 30.6 Å². The van der Waals surface area contributed by atoms with Gasteiger partial charge in [-0.3, -0.25) is 0 Å². The maximum absolute atomic E-state index is 13.2. The molecule has 6 heteroatoms. The summed E-state index contributed by atoms with van der Waals surface area (Å²) in [5, 5.41) is 0. The van der Waals surface area contributed by atoms with Crippen LogP contribution in [0.3, 0.4) is 0 Å². The normalized spacial score (nSPS) is 10.0. The van der Waals surface area contributed by atoms with Crippen molar-refractivity contribution in [3.05, 3.63) is 65.7 Å². The number of nitrogens with zero attached hydrogens (tertiary/aromatic N) is 2. The number of para-hydroxylation sites is 2. The molecule has 3 rings (SSSR count). The van der Waals surface area contributed by atoms with Gasteiger partial charge in [0.05, 0.1) is 17.6 Å². The average molecular weight is 328 g/mol. The lowest BCUT2D eigenvalue weighted by Crippen LogP contribution is -2.09. The third-order valence-corrected chi connectivity index (χ3v) is 3.15. The van der Waals surface area contributed by atoms with Gasteiger partial charge in [0.1, 0.15) is 11.6 Å². The summed E-state index contributed by atoms with van der Waals surface area (Å²) in [6.45, 7) is 0.939. The number of benzene rings is 2. The van der Waals surface area contributed by atoms with Crippen molar-refractivity contribution in [2.24, 2.45) is 5.73 Å². The third-order valence-electron chi connectivity index (χ3n) is 3.15. The summed E-state index contributed by atoms with van der Waals surface area (Å²) in [7, 11) is 0. The van der Waals surface area contributed by atoms with Crippen LogP contribution in [0.25, 0.3) is 11.0 Å². The predicted molar refractivity (Wildman–Crippen MR) is 87.6 cm³/mol. The van der Waals surface area contributed by atoms with Gasteiger partial charge in [-0.2, -0.15) is 0 Å². The highest BCUT2D eigenvalue weighted by atomic mass is 35.5. The van der Waals surface area contributed by atoms with Gasteiger partial charge in [0.25, 0.3) is 0 Å². The minimum Gasteiger partial charge on any atom is -0.324 e. The van der Waals surface area contributed by atoms with Crippen molar-refractivity contribution in [3.63, 3.8) is 0 Å². The van der Waals surface area contributed by atoms with Crippen LogP contribution in [-0.2, 0) is 13.1 Å². The predicted octanol–water partition coefficient (Wildman–Crippen LogP) is 3.53. The number of hydrogen-bond donors (Lipinski definition) is 1. The lowest BCUT2D eigenvalue weighted by molar-refractivity contribution is 0.623. The van der Waals surface area contributed by atoms with E-state index in [1.807, 2.05) is 34.9 Å². The molecule has 0 aliphatic carbocycles. The van der Waals surface area contributed by atoms with Gasteiger partial charge in [-0.05, 0) is 29.8 Å². The van der Waals surface area contributed by atoms with Gasteiger partial charge >= 0.3 is 0 Å². The van der Waals surface area contributed by atoms with Crippen LogP contribution in [0.1, 0.15) is 11.4 Å². The van der Waals surface area contributed by atoms with Crippen molar-refractivity contribution in [3.8, 4) is 0 Å². The Balaban J connectivity index is 0.00000110. The molecule has 3 aromatic rings. The maximum Gasteiger partial charge on any atom is 0.123 e. The molecule has 0 amide bonds. The van der Waals surface area contributed by atoms with Crippen LogP contribution in [-0.4, -0.2) is 9.55 Å². The van der Waals surface area contributed by atoms with Gasteiger partial charge in [0.15, 0.2) is 0 Å². The second kappa shape index (κ2) is 7.41. The summed E-state index contributed by atoms with van der Waals surface area (Å²) in [5.74, 6) is 0.585. The van der Waals surface area contributed by atoms with Crippen molar-refractivity contribution < 1.29 is 4.39 Å². The fourth-order valence-electron chi connectivity index (χ4n) is 2.28. The Morgan fingerprint density at radius 3 is 2.52 bits per heavy atom. The SMILES string of the molecule is Cl.Cl.NCc1nc2ccccc2n1Cc1cccc(F)c1. The van der Waals surface area contributed by atoms with Crippen molar-refractivity contribution in [2.45, 2.75) is 13.1 Å². The molecule has 0 saturated carbocycles. The van der Waals surface area contributed by atoms with E-state index >= 15 is 0 Å². The number of fused-ring (bicyclic) bond motifs is 1. The average Bonchev–Trinajstić information content (AvgIpc) is 2.77. The van der Waals surface area contributed by atoms with E-state index in [2.05, 4.69) is 4.98 Å². The molecule has 0 radical (unpaired) electrons. The quantitative estimate of drug-likeness (QED) is 0.799. The van der Waals surface area contributed by atoms with Gasteiger partial charge < -0.3 is 10.3 Å². The highest BCUT2D eigenvalue weighted by molar-refractivity contribution is 5.85. The third kappa shape index (κ3) is 3.53. The summed E-state index contributed by atoms with van der Waals surface area (Å²) in [6.07, 6.45) is 0. The Morgan fingerprint density at radius 2 is 1.81 bits per heavy atom. The molecule has 1 aromatic heterocycles. The maximum atomic E-state index is 13.2. The van der Waals surface area contributed by atoms with Gasteiger partial charge in [-0.15, -0.1) is 24.8 Å². The van der Waals surface area contributed by atoms with Crippen molar-refractivity contribution in [1.82, 2.24) is 9.55 Å². The van der Waals surface area contributed by atoms with Gasteiger partial charge in [0, 0.05) is 6.54 Å². The molecule has 0 unspecified atom stereocenters. The Hall–Kier alpha value is -1.62.